The molecular weight excluding hydrogens is 268 g/mol. The van der Waals surface area contributed by atoms with E-state index in [-0.39, 0.29) is 18.4 Å². The monoisotopic (exact) mass is 298 g/mol. The first-order valence-electron chi connectivity index (χ1n) is 7.68. The minimum atomic E-state index is 0.0673. The van der Waals surface area contributed by atoms with E-state index in [9.17, 15) is 9.90 Å². The van der Waals surface area contributed by atoms with Gasteiger partial charge in [-0.05, 0) is 39.2 Å². The van der Waals surface area contributed by atoms with Crippen molar-refractivity contribution in [3.05, 3.63) is 11.6 Å². The first-order valence-corrected chi connectivity index (χ1v) is 7.68. The fourth-order valence-electron chi connectivity index (χ4n) is 2.88. The second-order valence-electron chi connectivity index (χ2n) is 6.37. The lowest BCUT2D eigenvalue weighted by molar-refractivity contribution is -0.129. The average Bonchev–Trinajstić information content (AvgIpc) is 2.43. The first-order chi connectivity index (χ1) is 9.96. The molecule has 0 radical (unpaired) electrons. The standard InChI is InChI=1S/C16H30N2O3/c1-13(2)7-16(20)18-10-14(8-15(11-18)12-19)9-17(3)5-6-21-4/h7,14-15,19H,5-6,8-12H2,1-4H3/t14-,15+/m1/s1. The quantitative estimate of drug-likeness (QED) is 0.712. The number of methoxy groups -OCH3 is 1. The normalized spacial score (nSPS) is 22.5. The number of nitrogens with zero attached hydrogens (tertiary/aromatic N) is 2. The molecule has 0 aliphatic carbocycles. The third-order valence-electron chi connectivity index (χ3n) is 3.85. The van der Waals surface area contributed by atoms with Crippen LogP contribution in [0.3, 0.4) is 0 Å². The highest BCUT2D eigenvalue weighted by Gasteiger charge is 2.29. The molecule has 2 atom stereocenters. The molecule has 0 aromatic carbocycles. The molecule has 1 N–H and O–H groups in total. The van der Waals surface area contributed by atoms with E-state index in [1.165, 1.54) is 0 Å². The molecule has 0 bridgehead atoms. The largest absolute Gasteiger partial charge is 0.396 e. The van der Waals surface area contributed by atoms with Crippen LogP contribution in [0, 0.1) is 11.8 Å². The second-order valence-corrected chi connectivity index (χ2v) is 6.37. The van der Waals surface area contributed by atoms with Crippen LogP contribution in [0.5, 0.6) is 0 Å². The van der Waals surface area contributed by atoms with Crippen molar-refractivity contribution in [1.82, 2.24) is 9.80 Å². The van der Waals surface area contributed by atoms with Crippen LogP contribution >= 0.6 is 0 Å². The van der Waals surface area contributed by atoms with Crippen molar-refractivity contribution in [2.45, 2.75) is 20.3 Å². The smallest absolute Gasteiger partial charge is 0.246 e. The van der Waals surface area contributed by atoms with Gasteiger partial charge in [-0.1, -0.05) is 5.57 Å². The van der Waals surface area contributed by atoms with Gasteiger partial charge in [-0.2, -0.15) is 0 Å². The fraction of sp³-hybridized carbons (Fsp3) is 0.812. The Labute approximate surface area is 128 Å². The number of rotatable bonds is 7. The zero-order chi connectivity index (χ0) is 15.8. The molecule has 5 nitrogen and oxygen atoms in total. The Morgan fingerprint density at radius 3 is 2.62 bits per heavy atom. The highest BCUT2D eigenvalue weighted by molar-refractivity contribution is 5.88. The lowest BCUT2D eigenvalue weighted by Gasteiger charge is -2.38. The van der Waals surface area contributed by atoms with Crippen molar-refractivity contribution in [2.75, 3.05) is 53.6 Å². The predicted molar refractivity (Wildman–Crippen MR) is 84.1 cm³/mol. The molecule has 0 aromatic heterocycles. The number of carbonyl (C=O) groups excluding carboxylic acids is 1. The van der Waals surface area contributed by atoms with Crippen LogP contribution in [0.15, 0.2) is 11.6 Å². The third kappa shape index (κ3) is 6.59. The summed E-state index contributed by atoms with van der Waals surface area (Å²) in [5.41, 5.74) is 1.01. The lowest BCUT2D eigenvalue weighted by Crippen LogP contribution is -2.47. The SMILES string of the molecule is COCCN(C)C[C@H]1C[C@H](CO)CN(C(=O)C=C(C)C)C1. The van der Waals surface area contributed by atoms with Gasteiger partial charge in [0.2, 0.25) is 5.91 Å². The summed E-state index contributed by atoms with van der Waals surface area (Å²) < 4.78 is 5.09. The minimum Gasteiger partial charge on any atom is -0.396 e. The molecule has 0 unspecified atom stereocenters. The summed E-state index contributed by atoms with van der Waals surface area (Å²) >= 11 is 0. The number of likely N-dealkylation sites (N-methyl/N-ethyl adjacent to an activating group) is 1. The van der Waals surface area contributed by atoms with Gasteiger partial charge in [0.25, 0.3) is 0 Å². The van der Waals surface area contributed by atoms with Crippen molar-refractivity contribution < 1.29 is 14.6 Å². The highest BCUT2D eigenvalue weighted by atomic mass is 16.5. The Balaban J connectivity index is 2.60. The number of aliphatic hydroxyl groups is 1. The van der Waals surface area contributed by atoms with Crippen LogP contribution in [-0.2, 0) is 9.53 Å². The summed E-state index contributed by atoms with van der Waals surface area (Å²) in [7, 11) is 3.78. The topological polar surface area (TPSA) is 53.0 Å². The zero-order valence-electron chi connectivity index (χ0n) is 13.8. The van der Waals surface area contributed by atoms with E-state index in [0.717, 1.165) is 31.6 Å². The van der Waals surface area contributed by atoms with E-state index in [1.54, 1.807) is 13.2 Å². The van der Waals surface area contributed by atoms with Crippen molar-refractivity contribution in [2.24, 2.45) is 11.8 Å². The Morgan fingerprint density at radius 2 is 2.05 bits per heavy atom. The Kier molecular flexibility index (Phi) is 7.93. The number of piperidine rings is 1. The van der Waals surface area contributed by atoms with Gasteiger partial charge in [0.15, 0.2) is 0 Å². The van der Waals surface area contributed by atoms with Crippen molar-refractivity contribution in [3.8, 4) is 0 Å². The molecule has 5 heteroatoms. The van der Waals surface area contributed by atoms with Crippen LogP contribution in [0.25, 0.3) is 0 Å². The molecule has 1 rings (SSSR count). The number of aliphatic hydroxyl groups excluding tert-OH is 1. The first kappa shape index (κ1) is 18.1. The van der Waals surface area contributed by atoms with Gasteiger partial charge in [0.1, 0.15) is 0 Å². The van der Waals surface area contributed by atoms with Gasteiger partial charge < -0.3 is 19.6 Å². The maximum atomic E-state index is 12.2. The van der Waals surface area contributed by atoms with Crippen LogP contribution in [-0.4, -0.2) is 74.4 Å². The maximum Gasteiger partial charge on any atom is 0.246 e. The molecule has 1 fully saturated rings. The predicted octanol–water partition coefficient (Wildman–Crippen LogP) is 0.988. The summed E-state index contributed by atoms with van der Waals surface area (Å²) in [4.78, 5) is 16.3. The zero-order valence-corrected chi connectivity index (χ0v) is 13.8. The Bertz CT molecular complexity index is 353. The van der Waals surface area contributed by atoms with E-state index in [0.29, 0.717) is 19.1 Å². The number of ether oxygens (including phenoxy) is 1. The molecular formula is C16H30N2O3. The molecule has 1 heterocycles. The molecule has 21 heavy (non-hydrogen) atoms. The van der Waals surface area contributed by atoms with Crippen molar-refractivity contribution >= 4 is 5.91 Å². The summed E-state index contributed by atoms with van der Waals surface area (Å²) in [5, 5.41) is 9.48. The minimum absolute atomic E-state index is 0.0673. The Morgan fingerprint density at radius 1 is 1.38 bits per heavy atom. The van der Waals surface area contributed by atoms with Crippen LogP contribution in [0.2, 0.25) is 0 Å². The Hall–Kier alpha value is -0.910. The third-order valence-corrected chi connectivity index (χ3v) is 3.85. The number of amides is 1. The van der Waals surface area contributed by atoms with Crippen molar-refractivity contribution in [3.63, 3.8) is 0 Å². The fourth-order valence-corrected chi connectivity index (χ4v) is 2.88. The van der Waals surface area contributed by atoms with E-state index >= 15 is 0 Å². The molecule has 1 aliphatic heterocycles. The molecule has 1 saturated heterocycles. The van der Waals surface area contributed by atoms with Gasteiger partial charge in [-0.25, -0.2) is 0 Å². The second kappa shape index (κ2) is 9.18. The van der Waals surface area contributed by atoms with E-state index in [4.69, 9.17) is 4.74 Å². The number of hydrogen-bond acceptors (Lipinski definition) is 4. The van der Waals surface area contributed by atoms with Gasteiger partial charge in [-0.15, -0.1) is 0 Å². The number of likely N-dealkylation sites (tertiary alicyclic amines) is 1. The van der Waals surface area contributed by atoms with Crippen LogP contribution in [0.4, 0.5) is 0 Å². The summed E-state index contributed by atoms with van der Waals surface area (Å²) in [6.07, 6.45) is 2.66. The van der Waals surface area contributed by atoms with E-state index in [1.807, 2.05) is 18.7 Å². The highest BCUT2D eigenvalue weighted by Crippen LogP contribution is 2.23. The number of carbonyl (C=O) groups is 1. The van der Waals surface area contributed by atoms with Crippen LogP contribution in [0.1, 0.15) is 20.3 Å². The average molecular weight is 298 g/mol. The van der Waals surface area contributed by atoms with Gasteiger partial charge >= 0.3 is 0 Å². The molecule has 122 valence electrons. The number of allylic oxidation sites excluding steroid dienone is 1. The van der Waals surface area contributed by atoms with Gasteiger partial charge in [-0.3, -0.25) is 4.79 Å². The lowest BCUT2D eigenvalue weighted by atomic mass is 9.89. The number of hydrogen-bond donors (Lipinski definition) is 1. The van der Waals surface area contributed by atoms with Gasteiger partial charge in [0.05, 0.1) is 6.61 Å². The maximum absolute atomic E-state index is 12.2. The van der Waals surface area contributed by atoms with Crippen LogP contribution < -0.4 is 0 Å². The molecule has 0 aromatic rings. The van der Waals surface area contributed by atoms with Gasteiger partial charge in [0, 0.05) is 46.0 Å². The molecule has 1 amide bonds. The van der Waals surface area contributed by atoms with Crippen molar-refractivity contribution in [1.29, 1.82) is 0 Å². The summed E-state index contributed by atoms with van der Waals surface area (Å²) in [6.45, 7) is 7.98. The summed E-state index contributed by atoms with van der Waals surface area (Å²) in [5.74, 6) is 0.666. The summed E-state index contributed by atoms with van der Waals surface area (Å²) in [6, 6.07) is 0. The molecule has 0 saturated carbocycles. The van der Waals surface area contributed by atoms with E-state index in [2.05, 4.69) is 11.9 Å². The van der Waals surface area contributed by atoms with E-state index < -0.39 is 0 Å². The molecule has 1 aliphatic rings. The molecule has 0 spiro atoms.